The Labute approximate surface area is 163 Å². The Bertz CT molecular complexity index is 976. The summed E-state index contributed by atoms with van der Waals surface area (Å²) in [7, 11) is 0. The van der Waals surface area contributed by atoms with Gasteiger partial charge in [-0.15, -0.1) is 0 Å². The lowest BCUT2D eigenvalue weighted by atomic mass is 9.94. The molecule has 146 valence electrons. The molecule has 2 aliphatic rings. The van der Waals surface area contributed by atoms with Crippen LogP contribution in [-0.4, -0.2) is 44.8 Å². The van der Waals surface area contributed by atoms with E-state index in [4.69, 9.17) is 4.74 Å². The summed E-state index contributed by atoms with van der Waals surface area (Å²) in [5.74, 6) is 0.750. The molecule has 0 unspecified atom stereocenters. The molecule has 0 amide bonds. The maximum atomic E-state index is 10.5. The predicted octanol–water partition coefficient (Wildman–Crippen LogP) is 2.72. The molecule has 0 radical (unpaired) electrons. The van der Waals surface area contributed by atoms with Gasteiger partial charge in [0.05, 0.1) is 6.61 Å². The van der Waals surface area contributed by atoms with Crippen LogP contribution < -0.4 is 0 Å². The number of hydrogen-bond donors (Lipinski definition) is 3. The van der Waals surface area contributed by atoms with Crippen LogP contribution in [0.2, 0.25) is 0 Å². The van der Waals surface area contributed by atoms with Gasteiger partial charge in [-0.1, -0.05) is 42.5 Å². The maximum Gasteiger partial charge on any atom is 0.113 e. The van der Waals surface area contributed by atoms with Gasteiger partial charge in [-0.3, -0.25) is 0 Å². The first-order valence-corrected chi connectivity index (χ1v) is 9.94. The predicted molar refractivity (Wildman–Crippen MR) is 106 cm³/mol. The van der Waals surface area contributed by atoms with Crippen molar-refractivity contribution in [3.05, 3.63) is 71.4 Å². The van der Waals surface area contributed by atoms with Crippen LogP contribution in [0.5, 0.6) is 0 Å². The average Bonchev–Trinajstić information content (AvgIpc) is 3.51. The number of rotatable bonds is 4. The van der Waals surface area contributed by atoms with Crippen molar-refractivity contribution in [2.75, 3.05) is 6.61 Å². The Hall–Kier alpha value is -2.18. The second-order valence-corrected chi connectivity index (χ2v) is 8.05. The van der Waals surface area contributed by atoms with Crippen LogP contribution in [0.15, 0.2) is 54.7 Å². The SMILES string of the molecule is O[C@@H]1[C@@H](O)[C@H](c2cn(Cc3ccc(C4CC4)cc3)c3ccccc23)OC[C@H]1O. The van der Waals surface area contributed by atoms with Gasteiger partial charge >= 0.3 is 0 Å². The summed E-state index contributed by atoms with van der Waals surface area (Å²) in [5.41, 5.74) is 4.54. The quantitative estimate of drug-likeness (QED) is 0.652. The van der Waals surface area contributed by atoms with Crippen molar-refractivity contribution in [3.63, 3.8) is 0 Å². The van der Waals surface area contributed by atoms with Crippen molar-refractivity contribution in [3.8, 4) is 0 Å². The molecule has 5 heteroatoms. The zero-order chi connectivity index (χ0) is 19.3. The Kier molecular flexibility index (Phi) is 4.48. The highest BCUT2D eigenvalue weighted by molar-refractivity contribution is 5.84. The zero-order valence-corrected chi connectivity index (χ0v) is 15.6. The van der Waals surface area contributed by atoms with Gasteiger partial charge in [0, 0.05) is 29.2 Å². The van der Waals surface area contributed by atoms with Gasteiger partial charge in [-0.25, -0.2) is 0 Å². The smallest absolute Gasteiger partial charge is 0.113 e. The molecule has 4 atom stereocenters. The average molecular weight is 379 g/mol. The molecule has 3 N–H and O–H groups in total. The monoisotopic (exact) mass is 379 g/mol. The molecule has 28 heavy (non-hydrogen) atoms. The molecule has 0 spiro atoms. The minimum Gasteiger partial charge on any atom is -0.388 e. The van der Waals surface area contributed by atoms with E-state index in [-0.39, 0.29) is 6.61 Å². The molecule has 0 bridgehead atoms. The van der Waals surface area contributed by atoms with Crippen LogP contribution in [0.4, 0.5) is 0 Å². The lowest BCUT2D eigenvalue weighted by molar-refractivity contribution is -0.188. The topological polar surface area (TPSA) is 74.9 Å². The minimum absolute atomic E-state index is 0.00499. The van der Waals surface area contributed by atoms with Gasteiger partial charge in [-0.05, 0) is 36.0 Å². The second-order valence-electron chi connectivity index (χ2n) is 8.05. The lowest BCUT2D eigenvalue weighted by Crippen LogP contribution is -2.48. The van der Waals surface area contributed by atoms with Gasteiger partial charge in [-0.2, -0.15) is 0 Å². The highest BCUT2D eigenvalue weighted by atomic mass is 16.5. The fraction of sp³-hybridized carbons (Fsp3) is 0.391. The third-order valence-corrected chi connectivity index (χ3v) is 6.01. The molecular weight excluding hydrogens is 354 g/mol. The molecule has 2 heterocycles. The van der Waals surface area contributed by atoms with Gasteiger partial charge in [0.1, 0.15) is 24.4 Å². The van der Waals surface area contributed by atoms with Crippen molar-refractivity contribution in [1.82, 2.24) is 4.57 Å². The first-order valence-electron chi connectivity index (χ1n) is 9.94. The van der Waals surface area contributed by atoms with Gasteiger partial charge in [0.2, 0.25) is 0 Å². The number of fused-ring (bicyclic) bond motifs is 1. The van der Waals surface area contributed by atoms with Crippen molar-refractivity contribution in [1.29, 1.82) is 0 Å². The Balaban J connectivity index is 1.48. The number of para-hydroxylation sites is 1. The summed E-state index contributed by atoms with van der Waals surface area (Å²) in [6.45, 7) is 0.727. The van der Waals surface area contributed by atoms with Crippen LogP contribution in [0.25, 0.3) is 10.9 Å². The summed E-state index contributed by atoms with van der Waals surface area (Å²) in [5, 5.41) is 31.3. The fourth-order valence-electron chi connectivity index (χ4n) is 4.22. The molecule has 1 aliphatic carbocycles. The number of ether oxygens (including phenoxy) is 1. The Morgan fingerprint density at radius 1 is 0.929 bits per heavy atom. The van der Waals surface area contributed by atoms with Crippen molar-refractivity contribution < 1.29 is 20.1 Å². The fourth-order valence-corrected chi connectivity index (χ4v) is 4.22. The molecule has 5 nitrogen and oxygen atoms in total. The third-order valence-electron chi connectivity index (χ3n) is 6.01. The van der Waals surface area contributed by atoms with E-state index in [2.05, 4.69) is 34.9 Å². The number of benzene rings is 2. The van der Waals surface area contributed by atoms with Crippen molar-refractivity contribution >= 4 is 10.9 Å². The number of aliphatic hydroxyl groups is 3. The largest absolute Gasteiger partial charge is 0.388 e. The molecule has 2 aromatic carbocycles. The van der Waals surface area contributed by atoms with E-state index in [9.17, 15) is 15.3 Å². The minimum atomic E-state index is -1.21. The molecule has 2 fully saturated rings. The lowest BCUT2D eigenvalue weighted by Gasteiger charge is -2.35. The highest BCUT2D eigenvalue weighted by Crippen LogP contribution is 2.40. The summed E-state index contributed by atoms with van der Waals surface area (Å²) >= 11 is 0. The zero-order valence-electron chi connectivity index (χ0n) is 15.6. The number of hydrogen-bond acceptors (Lipinski definition) is 4. The molecule has 3 aromatic rings. The van der Waals surface area contributed by atoms with E-state index in [0.717, 1.165) is 28.9 Å². The van der Waals surface area contributed by atoms with Crippen LogP contribution in [-0.2, 0) is 11.3 Å². The molecule has 5 rings (SSSR count). The van der Waals surface area contributed by atoms with E-state index in [1.807, 2.05) is 24.4 Å². The highest BCUT2D eigenvalue weighted by Gasteiger charge is 2.39. The van der Waals surface area contributed by atoms with E-state index in [0.29, 0.717) is 0 Å². The summed E-state index contributed by atoms with van der Waals surface area (Å²) in [6, 6.07) is 16.8. The molecule has 1 saturated heterocycles. The van der Waals surface area contributed by atoms with E-state index < -0.39 is 24.4 Å². The van der Waals surface area contributed by atoms with Gasteiger partial charge < -0.3 is 24.6 Å². The number of aromatic nitrogens is 1. The summed E-state index contributed by atoms with van der Waals surface area (Å²) in [6.07, 6.45) is 0.491. The van der Waals surface area contributed by atoms with Crippen LogP contribution in [0, 0.1) is 0 Å². The first-order chi connectivity index (χ1) is 13.6. The molecule has 1 aromatic heterocycles. The summed E-state index contributed by atoms with van der Waals surface area (Å²) < 4.78 is 7.86. The number of aliphatic hydroxyl groups excluding tert-OH is 3. The van der Waals surface area contributed by atoms with Crippen LogP contribution >= 0.6 is 0 Å². The van der Waals surface area contributed by atoms with E-state index >= 15 is 0 Å². The van der Waals surface area contributed by atoms with Gasteiger partial charge in [0.15, 0.2) is 0 Å². The van der Waals surface area contributed by atoms with Crippen LogP contribution in [0.3, 0.4) is 0 Å². The van der Waals surface area contributed by atoms with E-state index in [1.54, 1.807) is 0 Å². The first kappa shape index (κ1) is 17.9. The standard InChI is InChI=1S/C23H25NO4/c25-20-13-28-23(22(27)21(20)26)18-12-24(19-4-2-1-3-17(18)19)11-14-5-7-15(8-6-14)16-9-10-16/h1-8,12,16,20-23,25-27H,9-11,13H2/t20-,21+,22-,23+/m1/s1. The van der Waals surface area contributed by atoms with Crippen molar-refractivity contribution in [2.45, 2.75) is 49.7 Å². The number of nitrogens with zero attached hydrogens (tertiary/aromatic N) is 1. The maximum absolute atomic E-state index is 10.5. The summed E-state index contributed by atoms with van der Waals surface area (Å²) in [4.78, 5) is 0. The Morgan fingerprint density at radius 3 is 2.43 bits per heavy atom. The Morgan fingerprint density at radius 2 is 1.68 bits per heavy atom. The molecule has 1 aliphatic heterocycles. The normalized spacial score (nSPS) is 28.0. The van der Waals surface area contributed by atoms with Crippen LogP contribution in [0.1, 0.15) is 41.6 Å². The second kappa shape index (κ2) is 7.01. The third kappa shape index (κ3) is 3.14. The molecular formula is C23H25NO4. The molecule has 1 saturated carbocycles. The van der Waals surface area contributed by atoms with Gasteiger partial charge in [0.25, 0.3) is 0 Å². The van der Waals surface area contributed by atoms with E-state index in [1.165, 1.54) is 24.0 Å². The van der Waals surface area contributed by atoms with Crippen molar-refractivity contribution in [2.24, 2.45) is 0 Å².